The number of fused-ring (bicyclic) bond motifs is 1. The molecule has 128 valence electrons. The van der Waals surface area contributed by atoms with Gasteiger partial charge in [-0.15, -0.1) is 0 Å². The molecule has 0 aliphatic carbocycles. The van der Waals surface area contributed by atoms with E-state index in [1.54, 1.807) is 14.2 Å². The smallest absolute Gasteiger partial charge is 0.133 e. The Labute approximate surface area is 147 Å². The van der Waals surface area contributed by atoms with E-state index in [4.69, 9.17) is 14.6 Å². The van der Waals surface area contributed by atoms with Crippen LogP contribution in [0.1, 0.15) is 16.8 Å². The van der Waals surface area contributed by atoms with Crippen molar-refractivity contribution < 1.29 is 9.47 Å². The molecule has 5 nitrogen and oxygen atoms in total. The van der Waals surface area contributed by atoms with E-state index >= 15 is 0 Å². The summed E-state index contributed by atoms with van der Waals surface area (Å²) in [5.41, 5.74) is 4.57. The maximum Gasteiger partial charge on any atom is 0.133 e. The third kappa shape index (κ3) is 2.82. The highest BCUT2D eigenvalue weighted by molar-refractivity contribution is 5.58. The van der Waals surface area contributed by atoms with E-state index in [9.17, 15) is 0 Å². The molecule has 0 unspecified atom stereocenters. The number of rotatable bonds is 5. The quantitative estimate of drug-likeness (QED) is 0.776. The zero-order chi connectivity index (χ0) is 17.2. The number of hydrogen-bond acceptors (Lipinski definition) is 4. The van der Waals surface area contributed by atoms with E-state index in [2.05, 4.69) is 11.4 Å². The molecule has 5 heteroatoms. The predicted octanol–water partition coefficient (Wildman–Crippen LogP) is 3.45. The van der Waals surface area contributed by atoms with Gasteiger partial charge < -0.3 is 14.8 Å². The predicted molar refractivity (Wildman–Crippen MR) is 98.1 cm³/mol. The van der Waals surface area contributed by atoms with Gasteiger partial charge in [-0.2, -0.15) is 5.10 Å². The monoisotopic (exact) mass is 335 g/mol. The summed E-state index contributed by atoms with van der Waals surface area (Å²) < 4.78 is 12.7. The minimum absolute atomic E-state index is 0.761. The Morgan fingerprint density at radius 3 is 2.60 bits per heavy atom. The van der Waals surface area contributed by atoms with Gasteiger partial charge in [0, 0.05) is 24.1 Å². The lowest BCUT2D eigenvalue weighted by atomic mass is 10.0. The first kappa shape index (κ1) is 15.6. The average molecular weight is 335 g/mol. The molecule has 0 saturated heterocycles. The van der Waals surface area contributed by atoms with Gasteiger partial charge in [0.1, 0.15) is 17.3 Å². The van der Waals surface area contributed by atoms with Crippen molar-refractivity contribution in [3.63, 3.8) is 0 Å². The summed E-state index contributed by atoms with van der Waals surface area (Å²) in [6, 6.07) is 16.1. The molecule has 1 aromatic heterocycles. The average Bonchev–Trinajstić information content (AvgIpc) is 3.26. The van der Waals surface area contributed by atoms with E-state index in [1.807, 2.05) is 47.1 Å². The standard InChI is InChI=1S/C20H21N3O2/c1-24-16-9-7-15(8-10-16)23-20-17(11-12-21-20)18(22-23)13-14-5-3-4-6-19(14)25-2/h3-10,21H,11-13H2,1-2H3. The van der Waals surface area contributed by atoms with Crippen LogP contribution in [0.25, 0.3) is 5.69 Å². The van der Waals surface area contributed by atoms with Crippen molar-refractivity contribution in [2.24, 2.45) is 0 Å². The lowest BCUT2D eigenvalue weighted by molar-refractivity contribution is 0.410. The largest absolute Gasteiger partial charge is 0.497 e. The molecule has 0 bridgehead atoms. The third-order valence-electron chi connectivity index (χ3n) is 4.60. The maximum absolute atomic E-state index is 5.49. The van der Waals surface area contributed by atoms with Crippen LogP contribution in [0.5, 0.6) is 11.5 Å². The summed E-state index contributed by atoms with van der Waals surface area (Å²) >= 11 is 0. The van der Waals surface area contributed by atoms with Crippen LogP contribution < -0.4 is 14.8 Å². The van der Waals surface area contributed by atoms with Crippen molar-refractivity contribution in [2.45, 2.75) is 12.8 Å². The second-order valence-corrected chi connectivity index (χ2v) is 6.05. The van der Waals surface area contributed by atoms with Crippen LogP contribution in [0.4, 0.5) is 5.82 Å². The van der Waals surface area contributed by atoms with E-state index in [-0.39, 0.29) is 0 Å². The molecule has 0 spiro atoms. The number of nitrogens with zero attached hydrogens (tertiary/aromatic N) is 2. The molecule has 1 aliphatic rings. The minimum atomic E-state index is 0.761. The van der Waals surface area contributed by atoms with Crippen LogP contribution in [-0.2, 0) is 12.8 Å². The third-order valence-corrected chi connectivity index (χ3v) is 4.60. The Bertz CT molecular complexity index is 884. The van der Waals surface area contributed by atoms with Crippen molar-refractivity contribution >= 4 is 5.82 Å². The lowest BCUT2D eigenvalue weighted by Gasteiger charge is -2.08. The molecule has 25 heavy (non-hydrogen) atoms. The van der Waals surface area contributed by atoms with Gasteiger partial charge in [0.25, 0.3) is 0 Å². The fourth-order valence-electron chi connectivity index (χ4n) is 3.33. The zero-order valence-corrected chi connectivity index (χ0v) is 14.5. The van der Waals surface area contributed by atoms with E-state index < -0.39 is 0 Å². The number of hydrogen-bond donors (Lipinski definition) is 1. The van der Waals surface area contributed by atoms with Gasteiger partial charge in [-0.3, -0.25) is 0 Å². The van der Waals surface area contributed by atoms with Crippen LogP contribution in [0.3, 0.4) is 0 Å². The molecule has 4 rings (SSSR count). The number of para-hydroxylation sites is 1. The van der Waals surface area contributed by atoms with Crippen molar-refractivity contribution in [2.75, 3.05) is 26.1 Å². The Morgan fingerprint density at radius 1 is 1.04 bits per heavy atom. The number of nitrogens with one attached hydrogen (secondary N) is 1. The molecule has 0 saturated carbocycles. The van der Waals surface area contributed by atoms with E-state index in [1.165, 1.54) is 5.56 Å². The van der Waals surface area contributed by atoms with Crippen molar-refractivity contribution in [1.82, 2.24) is 9.78 Å². The Hall–Kier alpha value is -2.95. The van der Waals surface area contributed by atoms with Gasteiger partial charge in [0.05, 0.1) is 25.6 Å². The van der Waals surface area contributed by atoms with E-state index in [0.29, 0.717) is 0 Å². The van der Waals surface area contributed by atoms with Gasteiger partial charge in [-0.1, -0.05) is 18.2 Å². The summed E-state index contributed by atoms with van der Waals surface area (Å²) in [4.78, 5) is 0. The van der Waals surface area contributed by atoms with Crippen LogP contribution in [-0.4, -0.2) is 30.5 Å². The van der Waals surface area contributed by atoms with Crippen molar-refractivity contribution in [3.05, 3.63) is 65.4 Å². The fraction of sp³-hybridized carbons (Fsp3) is 0.250. The lowest BCUT2D eigenvalue weighted by Crippen LogP contribution is -2.05. The summed E-state index contributed by atoms with van der Waals surface area (Å²) in [6.45, 7) is 0.947. The summed E-state index contributed by atoms with van der Waals surface area (Å²) in [7, 11) is 3.38. The Balaban J connectivity index is 1.72. The van der Waals surface area contributed by atoms with Crippen LogP contribution >= 0.6 is 0 Å². The molecule has 3 aromatic rings. The molecule has 1 aliphatic heterocycles. The number of aromatic nitrogens is 2. The molecule has 0 radical (unpaired) electrons. The van der Waals surface area contributed by atoms with Gasteiger partial charge in [-0.05, 0) is 36.8 Å². The van der Waals surface area contributed by atoms with Gasteiger partial charge >= 0.3 is 0 Å². The van der Waals surface area contributed by atoms with Crippen molar-refractivity contribution in [1.29, 1.82) is 0 Å². The Kier molecular flexibility index (Phi) is 4.06. The van der Waals surface area contributed by atoms with Gasteiger partial charge in [0.2, 0.25) is 0 Å². The normalized spacial score (nSPS) is 12.6. The second kappa shape index (κ2) is 6.51. The van der Waals surface area contributed by atoms with Crippen LogP contribution in [0, 0.1) is 0 Å². The number of methoxy groups -OCH3 is 2. The SMILES string of the molecule is COc1ccc(-n2nc(Cc3ccccc3OC)c3c2NCC3)cc1. The molecule has 0 amide bonds. The molecular formula is C20H21N3O2. The summed E-state index contributed by atoms with van der Waals surface area (Å²) in [6.07, 6.45) is 1.76. The van der Waals surface area contributed by atoms with Gasteiger partial charge in [0.15, 0.2) is 0 Å². The molecular weight excluding hydrogens is 314 g/mol. The first-order chi connectivity index (χ1) is 12.3. The topological polar surface area (TPSA) is 48.3 Å². The summed E-state index contributed by atoms with van der Waals surface area (Å²) in [5, 5.41) is 8.35. The molecule has 0 atom stereocenters. The molecule has 2 aromatic carbocycles. The summed E-state index contributed by atoms with van der Waals surface area (Å²) in [5.74, 6) is 2.84. The van der Waals surface area contributed by atoms with E-state index in [0.717, 1.165) is 53.6 Å². The number of ether oxygens (including phenoxy) is 2. The van der Waals surface area contributed by atoms with Gasteiger partial charge in [-0.25, -0.2) is 4.68 Å². The number of anilines is 1. The van der Waals surface area contributed by atoms with Crippen molar-refractivity contribution in [3.8, 4) is 17.2 Å². The molecule has 2 heterocycles. The van der Waals surface area contributed by atoms with Crippen LogP contribution in [0.2, 0.25) is 0 Å². The van der Waals surface area contributed by atoms with Crippen LogP contribution in [0.15, 0.2) is 48.5 Å². The molecule has 0 fully saturated rings. The highest BCUT2D eigenvalue weighted by atomic mass is 16.5. The number of benzene rings is 2. The highest BCUT2D eigenvalue weighted by Gasteiger charge is 2.23. The second-order valence-electron chi connectivity index (χ2n) is 6.05. The first-order valence-electron chi connectivity index (χ1n) is 8.41. The minimum Gasteiger partial charge on any atom is -0.497 e. The zero-order valence-electron chi connectivity index (χ0n) is 14.5. The first-order valence-corrected chi connectivity index (χ1v) is 8.41. The Morgan fingerprint density at radius 2 is 1.84 bits per heavy atom. The molecule has 1 N–H and O–H groups in total. The fourth-order valence-corrected chi connectivity index (χ4v) is 3.33. The maximum atomic E-state index is 5.49. The highest BCUT2D eigenvalue weighted by Crippen LogP contribution is 2.31.